The van der Waals surface area contributed by atoms with Crippen molar-refractivity contribution in [3.8, 4) is 0 Å². The molecule has 0 aliphatic heterocycles. The van der Waals surface area contributed by atoms with E-state index in [1.807, 2.05) is 0 Å². The van der Waals surface area contributed by atoms with Crippen LogP contribution in [0.4, 0.5) is 10.6 Å². The van der Waals surface area contributed by atoms with Gasteiger partial charge in [0, 0.05) is 18.3 Å². The molecule has 0 spiro atoms. The van der Waals surface area contributed by atoms with Gasteiger partial charge in [0.2, 0.25) is 0 Å². The number of urea groups is 1. The molecule has 0 atom stereocenters. The molecule has 5 heteroatoms. The van der Waals surface area contributed by atoms with Crippen molar-refractivity contribution in [3.63, 3.8) is 0 Å². The zero-order valence-corrected chi connectivity index (χ0v) is 5.63. The SMILES string of the molecule is NC(=O)Nc1cc(=O)cc[nH]1. The number of rotatable bonds is 1. The molecule has 0 saturated heterocycles. The molecule has 1 heterocycles. The van der Waals surface area contributed by atoms with Gasteiger partial charge in [-0.15, -0.1) is 0 Å². The maximum Gasteiger partial charge on any atom is 0.317 e. The molecule has 0 bridgehead atoms. The van der Waals surface area contributed by atoms with Crippen LogP contribution in [0.25, 0.3) is 0 Å². The number of H-pyrrole nitrogens is 1. The fraction of sp³-hybridized carbons (Fsp3) is 0. The van der Waals surface area contributed by atoms with Crippen molar-refractivity contribution in [1.82, 2.24) is 4.98 Å². The molecule has 1 aromatic heterocycles. The van der Waals surface area contributed by atoms with Gasteiger partial charge in [0.05, 0.1) is 0 Å². The molecule has 2 amide bonds. The average Bonchev–Trinajstić information content (AvgIpc) is 1.85. The van der Waals surface area contributed by atoms with Crippen molar-refractivity contribution in [2.24, 2.45) is 5.73 Å². The Balaban J connectivity index is 2.88. The minimum atomic E-state index is -0.702. The Kier molecular flexibility index (Phi) is 1.91. The summed E-state index contributed by atoms with van der Waals surface area (Å²) in [5, 5.41) is 2.23. The van der Waals surface area contributed by atoms with E-state index in [9.17, 15) is 9.59 Å². The highest BCUT2D eigenvalue weighted by atomic mass is 16.2. The first-order valence-electron chi connectivity index (χ1n) is 2.93. The third-order valence-corrected chi connectivity index (χ3v) is 1.03. The zero-order chi connectivity index (χ0) is 8.27. The average molecular weight is 153 g/mol. The molecular weight excluding hydrogens is 146 g/mol. The fourth-order valence-corrected chi connectivity index (χ4v) is 0.651. The normalized spacial score (nSPS) is 9.09. The van der Waals surface area contributed by atoms with Crippen LogP contribution in [0.15, 0.2) is 23.1 Å². The highest BCUT2D eigenvalue weighted by Gasteiger charge is 1.94. The number of nitrogens with two attached hydrogens (primary N) is 1. The summed E-state index contributed by atoms with van der Waals surface area (Å²) in [5.41, 5.74) is 4.61. The highest BCUT2D eigenvalue weighted by Crippen LogP contribution is 1.93. The molecule has 0 aliphatic carbocycles. The first kappa shape index (κ1) is 7.33. The van der Waals surface area contributed by atoms with Crippen molar-refractivity contribution in [1.29, 1.82) is 0 Å². The van der Waals surface area contributed by atoms with Gasteiger partial charge < -0.3 is 10.7 Å². The molecular formula is C6H7N3O2. The molecule has 5 nitrogen and oxygen atoms in total. The number of hydrogen-bond donors (Lipinski definition) is 3. The third kappa shape index (κ3) is 2.13. The lowest BCUT2D eigenvalue weighted by molar-refractivity contribution is 0.259. The van der Waals surface area contributed by atoms with Crippen LogP contribution >= 0.6 is 0 Å². The van der Waals surface area contributed by atoms with Crippen molar-refractivity contribution < 1.29 is 4.79 Å². The molecule has 11 heavy (non-hydrogen) atoms. The quantitative estimate of drug-likeness (QED) is 0.524. The molecule has 58 valence electrons. The molecule has 1 rings (SSSR count). The molecule has 0 aliphatic rings. The van der Waals surface area contributed by atoms with Gasteiger partial charge >= 0.3 is 6.03 Å². The third-order valence-electron chi connectivity index (χ3n) is 1.03. The van der Waals surface area contributed by atoms with Crippen LogP contribution in [0, 0.1) is 0 Å². The summed E-state index contributed by atoms with van der Waals surface area (Å²) >= 11 is 0. The van der Waals surface area contributed by atoms with Crippen LogP contribution < -0.4 is 16.5 Å². The first-order valence-corrected chi connectivity index (χ1v) is 2.93. The van der Waals surface area contributed by atoms with E-state index in [4.69, 9.17) is 5.73 Å². The Morgan fingerprint density at radius 2 is 2.36 bits per heavy atom. The van der Waals surface area contributed by atoms with E-state index in [1.54, 1.807) is 0 Å². The summed E-state index contributed by atoms with van der Waals surface area (Å²) in [6.07, 6.45) is 1.42. The van der Waals surface area contributed by atoms with Gasteiger partial charge in [-0.1, -0.05) is 0 Å². The number of primary amides is 1. The maximum atomic E-state index is 10.7. The largest absolute Gasteiger partial charge is 0.351 e. The minimum absolute atomic E-state index is 0.187. The molecule has 0 saturated carbocycles. The fourth-order valence-electron chi connectivity index (χ4n) is 0.651. The van der Waals surface area contributed by atoms with Crippen molar-refractivity contribution in [2.45, 2.75) is 0 Å². The van der Waals surface area contributed by atoms with Gasteiger partial charge in [0.25, 0.3) is 0 Å². The first-order chi connectivity index (χ1) is 5.18. The smallest absolute Gasteiger partial charge is 0.317 e. The summed E-state index contributed by atoms with van der Waals surface area (Å²) in [6.45, 7) is 0. The molecule has 0 aromatic carbocycles. The number of amides is 2. The summed E-state index contributed by atoms with van der Waals surface area (Å²) < 4.78 is 0. The van der Waals surface area contributed by atoms with E-state index in [0.29, 0.717) is 5.82 Å². The number of carbonyl (C=O) groups is 1. The van der Waals surface area contributed by atoms with Gasteiger partial charge in [-0.3, -0.25) is 10.1 Å². The summed E-state index contributed by atoms with van der Waals surface area (Å²) in [6, 6.07) is 1.88. The van der Waals surface area contributed by atoms with Crippen LogP contribution in [0.3, 0.4) is 0 Å². The molecule has 1 aromatic rings. The number of pyridine rings is 1. The zero-order valence-electron chi connectivity index (χ0n) is 5.63. The monoisotopic (exact) mass is 153 g/mol. The number of aromatic amines is 1. The van der Waals surface area contributed by atoms with Crippen LogP contribution in [0.5, 0.6) is 0 Å². The second-order valence-corrected chi connectivity index (χ2v) is 1.93. The summed E-state index contributed by atoms with van der Waals surface area (Å²) in [7, 11) is 0. The maximum absolute atomic E-state index is 10.7. The highest BCUT2D eigenvalue weighted by molar-refractivity contribution is 5.86. The van der Waals surface area contributed by atoms with Crippen LogP contribution in [-0.4, -0.2) is 11.0 Å². The molecule has 0 unspecified atom stereocenters. The van der Waals surface area contributed by atoms with Gasteiger partial charge in [-0.25, -0.2) is 4.79 Å². The lowest BCUT2D eigenvalue weighted by Crippen LogP contribution is -2.20. The minimum Gasteiger partial charge on any atom is -0.351 e. The Hall–Kier alpha value is -1.78. The van der Waals surface area contributed by atoms with Crippen molar-refractivity contribution in [3.05, 3.63) is 28.6 Å². The predicted octanol–water partition coefficient (Wildman–Crippen LogP) is -0.135. The van der Waals surface area contributed by atoms with Gasteiger partial charge in [-0.05, 0) is 0 Å². The van der Waals surface area contributed by atoms with Crippen LogP contribution in [0.1, 0.15) is 0 Å². The summed E-state index contributed by atoms with van der Waals surface area (Å²) in [4.78, 5) is 23.6. The van der Waals surface area contributed by atoms with Crippen LogP contribution in [0.2, 0.25) is 0 Å². The number of hydrogen-bond acceptors (Lipinski definition) is 2. The van der Waals surface area contributed by atoms with E-state index < -0.39 is 6.03 Å². The van der Waals surface area contributed by atoms with E-state index in [1.165, 1.54) is 18.3 Å². The number of anilines is 1. The molecule has 4 N–H and O–H groups in total. The lowest BCUT2D eigenvalue weighted by Gasteiger charge is -1.98. The Labute approximate surface area is 62.2 Å². The topological polar surface area (TPSA) is 88.0 Å². The van der Waals surface area contributed by atoms with Gasteiger partial charge in [0.1, 0.15) is 5.82 Å². The standard InChI is InChI=1S/C6H7N3O2/c7-6(11)9-5-3-4(10)1-2-8-5/h1-3H,(H4,7,8,9,10,11). The van der Waals surface area contributed by atoms with Crippen LogP contribution in [-0.2, 0) is 0 Å². The molecule has 0 radical (unpaired) electrons. The predicted molar refractivity (Wildman–Crippen MR) is 40.3 cm³/mol. The number of aromatic nitrogens is 1. The Morgan fingerprint density at radius 1 is 1.64 bits per heavy atom. The van der Waals surface area contributed by atoms with E-state index in [0.717, 1.165) is 0 Å². The summed E-state index contributed by atoms with van der Waals surface area (Å²) in [5.74, 6) is 0.296. The number of nitrogens with one attached hydrogen (secondary N) is 2. The Bertz CT molecular complexity index is 318. The van der Waals surface area contributed by atoms with Crippen molar-refractivity contribution in [2.75, 3.05) is 5.32 Å². The van der Waals surface area contributed by atoms with E-state index >= 15 is 0 Å². The van der Waals surface area contributed by atoms with E-state index in [2.05, 4.69) is 10.3 Å². The Morgan fingerprint density at radius 3 is 2.91 bits per heavy atom. The van der Waals surface area contributed by atoms with Gasteiger partial charge in [0.15, 0.2) is 5.43 Å². The second kappa shape index (κ2) is 2.87. The van der Waals surface area contributed by atoms with Crippen molar-refractivity contribution >= 4 is 11.8 Å². The number of carbonyl (C=O) groups excluding carboxylic acids is 1. The van der Waals surface area contributed by atoms with E-state index in [-0.39, 0.29) is 5.43 Å². The lowest BCUT2D eigenvalue weighted by atomic mass is 10.4. The molecule has 0 fully saturated rings. The second-order valence-electron chi connectivity index (χ2n) is 1.93. The van der Waals surface area contributed by atoms with Gasteiger partial charge in [-0.2, -0.15) is 0 Å².